The van der Waals surface area contributed by atoms with Crippen LogP contribution in [0, 0.1) is 12.8 Å². The van der Waals surface area contributed by atoms with Crippen molar-refractivity contribution in [3.05, 3.63) is 58.0 Å². The normalized spacial score (nSPS) is 22.2. The summed E-state index contributed by atoms with van der Waals surface area (Å²) in [7, 11) is 0. The molecular formula is C20H22N2O2. The Morgan fingerprint density at radius 1 is 1.12 bits per heavy atom. The lowest BCUT2D eigenvalue weighted by molar-refractivity contribution is -0.131. The molecule has 0 N–H and O–H groups in total. The lowest BCUT2D eigenvalue weighted by Gasteiger charge is -2.42. The second-order valence-corrected chi connectivity index (χ2v) is 7.16. The highest BCUT2D eigenvalue weighted by Gasteiger charge is 2.35. The Morgan fingerprint density at radius 3 is 2.67 bits per heavy atom. The summed E-state index contributed by atoms with van der Waals surface area (Å²) >= 11 is 0. The number of fused-ring (bicyclic) bond motifs is 4. The first kappa shape index (κ1) is 15.2. The van der Waals surface area contributed by atoms with Crippen LogP contribution in [0.4, 0.5) is 0 Å². The van der Waals surface area contributed by atoms with E-state index in [-0.39, 0.29) is 17.4 Å². The average Bonchev–Trinajstić information content (AvgIpc) is 2.56. The first-order valence-electron chi connectivity index (χ1n) is 8.59. The monoisotopic (exact) mass is 322 g/mol. The van der Waals surface area contributed by atoms with Crippen molar-refractivity contribution in [1.82, 2.24) is 9.47 Å². The van der Waals surface area contributed by atoms with Gasteiger partial charge in [-0.05, 0) is 42.0 Å². The van der Waals surface area contributed by atoms with Gasteiger partial charge in [0.05, 0.1) is 0 Å². The van der Waals surface area contributed by atoms with Gasteiger partial charge >= 0.3 is 0 Å². The minimum absolute atomic E-state index is 0.0803. The lowest BCUT2D eigenvalue weighted by atomic mass is 9.82. The fourth-order valence-electron chi connectivity index (χ4n) is 4.27. The summed E-state index contributed by atoms with van der Waals surface area (Å²) in [4.78, 5) is 26.4. The molecule has 0 unspecified atom stereocenters. The number of amides is 1. The third-order valence-corrected chi connectivity index (χ3v) is 5.46. The Bertz CT molecular complexity index is 868. The topological polar surface area (TPSA) is 42.3 Å². The smallest absolute Gasteiger partial charge is 0.251 e. The summed E-state index contributed by atoms with van der Waals surface area (Å²) in [6.07, 6.45) is 1.07. The molecule has 1 aromatic carbocycles. The quantitative estimate of drug-likeness (QED) is 0.810. The number of rotatable bonds is 1. The molecule has 1 aromatic heterocycles. The van der Waals surface area contributed by atoms with Gasteiger partial charge in [0.25, 0.3) is 5.56 Å². The number of carbonyl (C=O) groups is 1. The van der Waals surface area contributed by atoms with Crippen LogP contribution in [-0.2, 0) is 11.3 Å². The molecule has 2 atom stereocenters. The molecule has 3 heterocycles. The molecule has 4 rings (SSSR count). The van der Waals surface area contributed by atoms with E-state index >= 15 is 0 Å². The van der Waals surface area contributed by atoms with Crippen molar-refractivity contribution >= 4 is 5.91 Å². The van der Waals surface area contributed by atoms with Gasteiger partial charge in [0.2, 0.25) is 5.91 Å². The van der Waals surface area contributed by atoms with Gasteiger partial charge in [0.15, 0.2) is 0 Å². The van der Waals surface area contributed by atoms with Gasteiger partial charge in [0, 0.05) is 44.2 Å². The maximum atomic E-state index is 12.7. The number of hydrogen-bond acceptors (Lipinski definition) is 2. The predicted octanol–water partition coefficient (Wildman–Crippen LogP) is 2.79. The number of pyridine rings is 1. The van der Waals surface area contributed by atoms with Gasteiger partial charge in [-0.25, -0.2) is 0 Å². The van der Waals surface area contributed by atoms with Crippen molar-refractivity contribution in [3.63, 3.8) is 0 Å². The van der Waals surface area contributed by atoms with Crippen LogP contribution in [0.1, 0.15) is 30.5 Å². The van der Waals surface area contributed by atoms with Gasteiger partial charge in [-0.2, -0.15) is 0 Å². The zero-order valence-corrected chi connectivity index (χ0v) is 14.2. The van der Waals surface area contributed by atoms with Crippen LogP contribution < -0.4 is 5.56 Å². The van der Waals surface area contributed by atoms with Crippen LogP contribution in [-0.4, -0.2) is 28.5 Å². The number of piperidine rings is 1. The number of aryl methyl sites for hydroxylation is 1. The zero-order chi connectivity index (χ0) is 16.8. The molecule has 2 aromatic rings. The molecule has 124 valence electrons. The van der Waals surface area contributed by atoms with Crippen LogP contribution in [0.25, 0.3) is 11.1 Å². The molecule has 1 amide bonds. The van der Waals surface area contributed by atoms with Gasteiger partial charge in [-0.1, -0.05) is 24.3 Å². The highest BCUT2D eigenvalue weighted by Crippen LogP contribution is 2.36. The first-order valence-corrected chi connectivity index (χ1v) is 8.59. The van der Waals surface area contributed by atoms with Crippen molar-refractivity contribution < 1.29 is 4.79 Å². The number of likely N-dealkylation sites (tertiary alicyclic amines) is 1. The summed E-state index contributed by atoms with van der Waals surface area (Å²) in [5.41, 5.74) is 4.44. The molecule has 0 spiro atoms. The standard InChI is InChI=1S/C20H22N2O2/c1-13-5-3-4-6-18(13)16-8-19-17-7-15(10-21(12-17)14(2)23)11-22(19)20(24)9-16/h3-6,8-9,15,17H,7,10-12H2,1-2H3/t15-,17+/m0/s1. The molecule has 0 saturated carbocycles. The molecule has 4 heteroatoms. The summed E-state index contributed by atoms with van der Waals surface area (Å²) < 4.78 is 1.93. The van der Waals surface area contributed by atoms with Crippen molar-refractivity contribution in [2.24, 2.45) is 5.92 Å². The number of hydrogen-bond donors (Lipinski definition) is 0. The van der Waals surface area contributed by atoms with Crippen molar-refractivity contribution in [1.29, 1.82) is 0 Å². The van der Waals surface area contributed by atoms with E-state index in [0.29, 0.717) is 5.92 Å². The average molecular weight is 322 g/mol. The minimum Gasteiger partial charge on any atom is -0.342 e. The van der Waals surface area contributed by atoms with Gasteiger partial charge < -0.3 is 9.47 Å². The molecule has 1 saturated heterocycles. The van der Waals surface area contributed by atoms with E-state index in [1.54, 1.807) is 13.0 Å². The number of nitrogens with zero attached hydrogens (tertiary/aromatic N) is 2. The molecule has 2 aliphatic rings. The molecule has 2 bridgehead atoms. The molecular weight excluding hydrogens is 300 g/mol. The fraction of sp³-hybridized carbons (Fsp3) is 0.400. The second kappa shape index (κ2) is 5.62. The second-order valence-electron chi connectivity index (χ2n) is 7.16. The Hall–Kier alpha value is -2.36. The number of carbonyl (C=O) groups excluding carboxylic acids is 1. The summed E-state index contributed by atoms with van der Waals surface area (Å²) in [6.45, 7) is 5.93. The Morgan fingerprint density at radius 2 is 1.92 bits per heavy atom. The molecule has 0 radical (unpaired) electrons. The fourth-order valence-corrected chi connectivity index (χ4v) is 4.27. The van der Waals surface area contributed by atoms with Crippen molar-refractivity contribution in [2.45, 2.75) is 32.7 Å². The Balaban J connectivity index is 1.81. The van der Waals surface area contributed by atoms with Crippen LogP contribution >= 0.6 is 0 Å². The predicted molar refractivity (Wildman–Crippen MR) is 94.0 cm³/mol. The molecule has 1 fully saturated rings. The third-order valence-electron chi connectivity index (χ3n) is 5.46. The zero-order valence-electron chi connectivity index (χ0n) is 14.2. The summed E-state index contributed by atoms with van der Waals surface area (Å²) in [5, 5.41) is 0. The van der Waals surface area contributed by atoms with Crippen LogP contribution in [0.3, 0.4) is 0 Å². The lowest BCUT2D eigenvalue weighted by Crippen LogP contribution is -2.48. The van der Waals surface area contributed by atoms with Crippen LogP contribution in [0.15, 0.2) is 41.2 Å². The van der Waals surface area contributed by atoms with Gasteiger partial charge in [-0.3, -0.25) is 9.59 Å². The van der Waals surface area contributed by atoms with E-state index in [2.05, 4.69) is 25.1 Å². The van der Waals surface area contributed by atoms with E-state index in [1.165, 1.54) is 5.56 Å². The van der Waals surface area contributed by atoms with E-state index in [0.717, 1.165) is 42.9 Å². The summed E-state index contributed by atoms with van der Waals surface area (Å²) in [6, 6.07) is 12.1. The van der Waals surface area contributed by atoms with E-state index < -0.39 is 0 Å². The minimum atomic E-state index is 0.0803. The first-order chi connectivity index (χ1) is 11.5. The maximum absolute atomic E-state index is 12.7. The van der Waals surface area contributed by atoms with Crippen molar-refractivity contribution in [2.75, 3.05) is 13.1 Å². The SMILES string of the molecule is CC(=O)N1C[C@@H]2C[C@H](C1)c1cc(-c3ccccc3C)cc(=O)n1C2. The summed E-state index contributed by atoms with van der Waals surface area (Å²) in [5.74, 6) is 0.788. The Kier molecular flexibility index (Phi) is 3.56. The number of benzene rings is 1. The Labute approximate surface area is 141 Å². The van der Waals surface area contributed by atoms with E-state index in [9.17, 15) is 9.59 Å². The molecule has 2 aliphatic heterocycles. The van der Waals surface area contributed by atoms with E-state index in [4.69, 9.17) is 0 Å². The largest absolute Gasteiger partial charge is 0.342 e. The van der Waals surface area contributed by atoms with Crippen molar-refractivity contribution in [3.8, 4) is 11.1 Å². The highest BCUT2D eigenvalue weighted by molar-refractivity contribution is 5.73. The van der Waals surface area contributed by atoms with Gasteiger partial charge in [0.1, 0.15) is 0 Å². The highest BCUT2D eigenvalue weighted by atomic mass is 16.2. The van der Waals surface area contributed by atoms with Gasteiger partial charge in [-0.15, -0.1) is 0 Å². The maximum Gasteiger partial charge on any atom is 0.251 e. The third kappa shape index (κ3) is 2.46. The van der Waals surface area contributed by atoms with Crippen LogP contribution in [0.2, 0.25) is 0 Å². The van der Waals surface area contributed by atoms with Crippen LogP contribution in [0.5, 0.6) is 0 Å². The molecule has 0 aliphatic carbocycles. The van der Waals surface area contributed by atoms with E-state index in [1.807, 2.05) is 21.6 Å². The number of aromatic nitrogens is 1. The molecule has 24 heavy (non-hydrogen) atoms. The molecule has 4 nitrogen and oxygen atoms in total.